The number of pyridine rings is 1. The Morgan fingerprint density at radius 2 is 1.96 bits per heavy atom. The summed E-state index contributed by atoms with van der Waals surface area (Å²) >= 11 is 2.71. The average Bonchev–Trinajstić information content (AvgIpc) is 3.21. The van der Waals surface area contributed by atoms with Crippen LogP contribution in [0.25, 0.3) is 10.2 Å². The average molecular weight is 426 g/mol. The third-order valence-corrected chi connectivity index (χ3v) is 7.23. The molecule has 4 rings (SSSR count). The molecular formula is C19H18F3N3OS2. The summed E-state index contributed by atoms with van der Waals surface area (Å²) in [6.07, 6.45) is 0.674. The minimum atomic E-state index is -4.50. The lowest BCUT2D eigenvalue weighted by molar-refractivity contribution is -0.140. The standard InChI is InChI=1S/C19H18F3N3OS2/c1-10-11-6-7-14(19(20,21)22)25-18(11)28-16(10)17(26)23-9-8-15-24-12-4-2-3-5-13(12)27-15/h6-7H,2-5,8-9H2,1H3,(H,23,26). The number of halogens is 3. The summed E-state index contributed by atoms with van der Waals surface area (Å²) in [5.74, 6) is -0.282. The molecule has 3 aromatic rings. The van der Waals surface area contributed by atoms with Gasteiger partial charge in [-0.3, -0.25) is 4.79 Å². The van der Waals surface area contributed by atoms with E-state index in [1.807, 2.05) is 0 Å². The number of hydrogen-bond acceptors (Lipinski definition) is 5. The molecule has 0 atom stereocenters. The number of carbonyl (C=O) groups is 1. The highest BCUT2D eigenvalue weighted by atomic mass is 32.1. The molecular weight excluding hydrogens is 407 g/mol. The molecule has 0 radical (unpaired) electrons. The second-order valence-electron chi connectivity index (χ2n) is 6.79. The minimum absolute atomic E-state index is 0.227. The Morgan fingerprint density at radius 3 is 2.71 bits per heavy atom. The molecule has 1 aliphatic rings. The topological polar surface area (TPSA) is 54.9 Å². The molecule has 9 heteroatoms. The lowest BCUT2D eigenvalue weighted by atomic mass is 10.0. The highest BCUT2D eigenvalue weighted by Crippen LogP contribution is 2.34. The van der Waals surface area contributed by atoms with Crippen molar-refractivity contribution in [1.29, 1.82) is 0 Å². The predicted octanol–water partition coefficient (Wildman–Crippen LogP) is 4.93. The Balaban J connectivity index is 1.45. The summed E-state index contributed by atoms with van der Waals surface area (Å²) in [7, 11) is 0. The molecule has 1 amide bonds. The molecule has 0 spiro atoms. The second kappa shape index (κ2) is 7.44. The van der Waals surface area contributed by atoms with E-state index in [4.69, 9.17) is 0 Å². The summed E-state index contributed by atoms with van der Waals surface area (Å²) in [4.78, 5) is 22.9. The van der Waals surface area contributed by atoms with Gasteiger partial charge in [0.1, 0.15) is 10.5 Å². The first kappa shape index (κ1) is 19.3. The molecule has 0 bridgehead atoms. The van der Waals surface area contributed by atoms with Crippen LogP contribution in [0.15, 0.2) is 12.1 Å². The molecule has 0 unspecified atom stereocenters. The Bertz CT molecular complexity index is 1020. The summed E-state index contributed by atoms with van der Waals surface area (Å²) in [6, 6.07) is 2.34. The van der Waals surface area contributed by atoms with Crippen LogP contribution in [0.5, 0.6) is 0 Å². The first-order valence-corrected chi connectivity index (χ1v) is 10.7. The van der Waals surface area contributed by atoms with Gasteiger partial charge >= 0.3 is 6.18 Å². The van der Waals surface area contributed by atoms with Gasteiger partial charge in [-0.05, 0) is 50.3 Å². The minimum Gasteiger partial charge on any atom is -0.351 e. The highest BCUT2D eigenvalue weighted by Gasteiger charge is 2.33. The van der Waals surface area contributed by atoms with Gasteiger partial charge in [-0.25, -0.2) is 9.97 Å². The zero-order chi connectivity index (χ0) is 19.9. The van der Waals surface area contributed by atoms with Crippen LogP contribution in [0.4, 0.5) is 13.2 Å². The van der Waals surface area contributed by atoms with Gasteiger partial charge in [0.25, 0.3) is 5.91 Å². The third kappa shape index (κ3) is 3.77. The normalized spacial score (nSPS) is 14.3. The molecule has 3 heterocycles. The fraction of sp³-hybridized carbons (Fsp3) is 0.421. The fourth-order valence-corrected chi connectivity index (χ4v) is 5.60. The number of thiazole rings is 1. The maximum atomic E-state index is 12.9. The van der Waals surface area contributed by atoms with Gasteiger partial charge in [0.15, 0.2) is 0 Å². The monoisotopic (exact) mass is 425 g/mol. The predicted molar refractivity (Wildman–Crippen MR) is 104 cm³/mol. The van der Waals surface area contributed by atoms with Gasteiger partial charge < -0.3 is 5.32 Å². The zero-order valence-electron chi connectivity index (χ0n) is 15.2. The van der Waals surface area contributed by atoms with Crippen LogP contribution in [0.1, 0.15) is 49.3 Å². The smallest absolute Gasteiger partial charge is 0.351 e. The SMILES string of the molecule is Cc1c(C(=O)NCCc2nc3c(s2)CCCC3)sc2nc(C(F)(F)F)ccc12. The van der Waals surface area contributed by atoms with Crippen LogP contribution in [0.3, 0.4) is 0 Å². The van der Waals surface area contributed by atoms with Crippen LogP contribution in [-0.4, -0.2) is 22.4 Å². The number of rotatable bonds is 4. The fourth-order valence-electron chi connectivity index (χ4n) is 3.35. The van der Waals surface area contributed by atoms with Crippen molar-refractivity contribution in [2.75, 3.05) is 6.54 Å². The molecule has 1 N–H and O–H groups in total. The van der Waals surface area contributed by atoms with E-state index in [0.29, 0.717) is 28.8 Å². The Morgan fingerprint density at radius 1 is 1.18 bits per heavy atom. The molecule has 1 aliphatic carbocycles. The van der Waals surface area contributed by atoms with Crippen molar-refractivity contribution in [3.05, 3.63) is 43.8 Å². The molecule has 148 valence electrons. The number of nitrogens with zero attached hydrogens (tertiary/aromatic N) is 2. The third-order valence-electron chi connectivity index (χ3n) is 4.81. The quantitative estimate of drug-likeness (QED) is 0.645. The van der Waals surface area contributed by atoms with E-state index in [1.54, 1.807) is 18.3 Å². The zero-order valence-corrected chi connectivity index (χ0v) is 16.8. The number of carbonyl (C=O) groups excluding carboxylic acids is 1. The number of hydrogen-bond donors (Lipinski definition) is 1. The molecule has 28 heavy (non-hydrogen) atoms. The van der Waals surface area contributed by atoms with Gasteiger partial charge in [-0.15, -0.1) is 22.7 Å². The molecule has 0 aromatic carbocycles. The van der Waals surface area contributed by atoms with Crippen LogP contribution in [0.2, 0.25) is 0 Å². The van der Waals surface area contributed by atoms with Crippen molar-refractivity contribution < 1.29 is 18.0 Å². The number of thiophene rings is 1. The van der Waals surface area contributed by atoms with E-state index in [0.717, 1.165) is 35.3 Å². The second-order valence-corrected chi connectivity index (χ2v) is 8.96. The van der Waals surface area contributed by atoms with E-state index < -0.39 is 11.9 Å². The Kier molecular flexibility index (Phi) is 5.13. The lowest BCUT2D eigenvalue weighted by Crippen LogP contribution is -2.25. The van der Waals surface area contributed by atoms with Crippen molar-refractivity contribution in [3.63, 3.8) is 0 Å². The number of fused-ring (bicyclic) bond motifs is 2. The molecule has 0 fully saturated rings. The van der Waals surface area contributed by atoms with Crippen molar-refractivity contribution in [3.8, 4) is 0 Å². The van der Waals surface area contributed by atoms with Crippen molar-refractivity contribution >= 4 is 38.8 Å². The maximum absolute atomic E-state index is 12.9. The number of nitrogens with one attached hydrogen (secondary N) is 1. The van der Waals surface area contributed by atoms with Crippen LogP contribution in [0, 0.1) is 6.92 Å². The largest absolute Gasteiger partial charge is 0.433 e. The highest BCUT2D eigenvalue weighted by molar-refractivity contribution is 7.20. The van der Waals surface area contributed by atoms with Gasteiger partial charge in [0.2, 0.25) is 0 Å². The van der Waals surface area contributed by atoms with Crippen molar-refractivity contribution in [1.82, 2.24) is 15.3 Å². The van der Waals surface area contributed by atoms with Crippen LogP contribution in [-0.2, 0) is 25.4 Å². The van der Waals surface area contributed by atoms with E-state index in [-0.39, 0.29) is 10.7 Å². The number of aromatic nitrogens is 2. The molecule has 0 saturated carbocycles. The number of alkyl halides is 3. The van der Waals surface area contributed by atoms with Gasteiger partial charge in [-0.2, -0.15) is 13.2 Å². The summed E-state index contributed by atoms with van der Waals surface area (Å²) in [5.41, 5.74) is 0.911. The Hall–Kier alpha value is -2.00. The summed E-state index contributed by atoms with van der Waals surface area (Å²) in [5, 5.41) is 4.47. The molecule has 4 nitrogen and oxygen atoms in total. The van der Waals surface area contributed by atoms with Gasteiger partial charge in [0, 0.05) is 23.2 Å². The molecule has 0 saturated heterocycles. The molecule has 3 aromatic heterocycles. The summed E-state index contributed by atoms with van der Waals surface area (Å²) in [6.45, 7) is 2.18. The van der Waals surface area contributed by atoms with E-state index in [1.165, 1.54) is 29.5 Å². The van der Waals surface area contributed by atoms with Gasteiger partial charge in [0.05, 0.1) is 15.6 Å². The molecule has 0 aliphatic heterocycles. The van der Waals surface area contributed by atoms with E-state index in [2.05, 4.69) is 15.3 Å². The first-order valence-electron chi connectivity index (χ1n) is 9.06. The van der Waals surface area contributed by atoms with Crippen LogP contribution < -0.4 is 5.32 Å². The van der Waals surface area contributed by atoms with Gasteiger partial charge in [-0.1, -0.05) is 0 Å². The number of amides is 1. The summed E-state index contributed by atoms with van der Waals surface area (Å²) < 4.78 is 38.6. The lowest BCUT2D eigenvalue weighted by Gasteiger charge is -2.06. The number of aryl methyl sites for hydroxylation is 3. The Labute approximate surface area is 167 Å². The van der Waals surface area contributed by atoms with E-state index in [9.17, 15) is 18.0 Å². The van der Waals surface area contributed by atoms with Crippen molar-refractivity contribution in [2.45, 2.75) is 45.2 Å². The van der Waals surface area contributed by atoms with Crippen LogP contribution >= 0.6 is 22.7 Å². The van der Waals surface area contributed by atoms with E-state index >= 15 is 0 Å². The van der Waals surface area contributed by atoms with Crippen molar-refractivity contribution in [2.24, 2.45) is 0 Å². The first-order chi connectivity index (χ1) is 13.3. The maximum Gasteiger partial charge on any atom is 0.433 e.